The van der Waals surface area contributed by atoms with E-state index in [1.165, 1.54) is 25.7 Å². The molecule has 2 fully saturated rings. The Balaban J connectivity index is 2.05. The SMILES string of the molecule is CC1CCCCC1N(C)C1(CC(=O)O)CNC1. The molecule has 2 unspecified atom stereocenters. The Morgan fingerprint density at radius 1 is 1.41 bits per heavy atom. The van der Waals surface area contributed by atoms with Crippen molar-refractivity contribution in [3.63, 3.8) is 0 Å². The highest BCUT2D eigenvalue weighted by atomic mass is 16.4. The zero-order valence-corrected chi connectivity index (χ0v) is 10.9. The normalized spacial score (nSPS) is 32.2. The summed E-state index contributed by atoms with van der Waals surface area (Å²) >= 11 is 0. The van der Waals surface area contributed by atoms with E-state index in [9.17, 15) is 4.79 Å². The second-order valence-corrected chi connectivity index (χ2v) is 5.84. The third-order valence-electron chi connectivity index (χ3n) is 4.70. The summed E-state index contributed by atoms with van der Waals surface area (Å²) in [6.07, 6.45) is 5.38. The van der Waals surface area contributed by atoms with Gasteiger partial charge in [-0.2, -0.15) is 0 Å². The lowest BCUT2D eigenvalue weighted by atomic mass is 9.79. The number of nitrogens with one attached hydrogen (secondary N) is 1. The number of hydrogen-bond acceptors (Lipinski definition) is 3. The highest BCUT2D eigenvalue weighted by Crippen LogP contribution is 2.34. The predicted molar refractivity (Wildman–Crippen MR) is 67.0 cm³/mol. The van der Waals surface area contributed by atoms with E-state index in [0.29, 0.717) is 12.0 Å². The molecule has 17 heavy (non-hydrogen) atoms. The van der Waals surface area contributed by atoms with Gasteiger partial charge < -0.3 is 10.4 Å². The molecule has 2 atom stereocenters. The quantitative estimate of drug-likeness (QED) is 0.778. The van der Waals surface area contributed by atoms with Crippen molar-refractivity contribution in [2.24, 2.45) is 5.92 Å². The third kappa shape index (κ3) is 2.47. The fourth-order valence-electron chi connectivity index (χ4n) is 3.42. The van der Waals surface area contributed by atoms with E-state index in [2.05, 4.69) is 24.2 Å². The van der Waals surface area contributed by atoms with Crippen LogP contribution in [0.5, 0.6) is 0 Å². The number of carboxylic acid groups (broad SMARTS) is 1. The summed E-state index contributed by atoms with van der Waals surface area (Å²) in [5.41, 5.74) is -0.137. The first-order chi connectivity index (χ1) is 8.05. The number of hydrogen-bond donors (Lipinski definition) is 2. The molecule has 0 aromatic carbocycles. The maximum Gasteiger partial charge on any atom is 0.305 e. The molecule has 1 saturated heterocycles. The lowest BCUT2D eigenvalue weighted by molar-refractivity contribution is -0.142. The minimum atomic E-state index is -0.679. The number of likely N-dealkylation sites (N-methyl/N-ethyl adjacent to an activating group) is 1. The van der Waals surface area contributed by atoms with Crippen molar-refractivity contribution in [3.05, 3.63) is 0 Å². The van der Waals surface area contributed by atoms with Crippen LogP contribution in [0, 0.1) is 5.92 Å². The minimum absolute atomic E-state index is 0.137. The Hall–Kier alpha value is -0.610. The van der Waals surface area contributed by atoms with Gasteiger partial charge in [-0.3, -0.25) is 9.69 Å². The molecule has 1 saturated carbocycles. The monoisotopic (exact) mass is 240 g/mol. The van der Waals surface area contributed by atoms with Gasteiger partial charge in [-0.05, 0) is 25.8 Å². The van der Waals surface area contributed by atoms with Crippen LogP contribution in [-0.4, -0.2) is 47.7 Å². The molecule has 2 N–H and O–H groups in total. The summed E-state index contributed by atoms with van der Waals surface area (Å²) in [6, 6.07) is 0.560. The van der Waals surface area contributed by atoms with Crippen molar-refractivity contribution < 1.29 is 9.90 Å². The van der Waals surface area contributed by atoms with Crippen molar-refractivity contribution in [2.45, 2.75) is 50.6 Å². The Morgan fingerprint density at radius 3 is 2.53 bits per heavy atom. The van der Waals surface area contributed by atoms with Gasteiger partial charge in [0.05, 0.1) is 12.0 Å². The highest BCUT2D eigenvalue weighted by molar-refractivity contribution is 5.68. The summed E-state index contributed by atoms with van der Waals surface area (Å²) in [5, 5.41) is 12.3. The fourth-order valence-corrected chi connectivity index (χ4v) is 3.42. The molecule has 0 spiro atoms. The maximum atomic E-state index is 11.0. The van der Waals surface area contributed by atoms with E-state index in [-0.39, 0.29) is 12.0 Å². The number of carbonyl (C=O) groups is 1. The van der Waals surface area contributed by atoms with Gasteiger partial charge >= 0.3 is 5.97 Å². The van der Waals surface area contributed by atoms with Crippen LogP contribution < -0.4 is 5.32 Å². The van der Waals surface area contributed by atoms with Crippen LogP contribution in [-0.2, 0) is 4.79 Å². The van der Waals surface area contributed by atoms with Crippen LogP contribution in [0.15, 0.2) is 0 Å². The second kappa shape index (κ2) is 4.94. The standard InChI is InChI=1S/C13H24N2O2/c1-10-5-3-4-6-11(10)15(2)13(7-12(16)17)8-14-9-13/h10-11,14H,3-9H2,1-2H3,(H,16,17). The zero-order chi connectivity index (χ0) is 12.5. The molecule has 4 heteroatoms. The zero-order valence-electron chi connectivity index (χ0n) is 10.9. The minimum Gasteiger partial charge on any atom is -0.481 e. The predicted octanol–water partition coefficient (Wildman–Crippen LogP) is 1.31. The fraction of sp³-hybridized carbons (Fsp3) is 0.923. The Morgan fingerprint density at radius 2 is 2.06 bits per heavy atom. The van der Waals surface area contributed by atoms with E-state index in [0.717, 1.165) is 13.1 Å². The summed E-state index contributed by atoms with van der Waals surface area (Å²) in [7, 11) is 2.12. The summed E-state index contributed by atoms with van der Waals surface area (Å²) in [5.74, 6) is 0.0156. The van der Waals surface area contributed by atoms with Gasteiger partial charge in [-0.1, -0.05) is 19.8 Å². The molecule has 4 nitrogen and oxygen atoms in total. The van der Waals surface area contributed by atoms with E-state index in [4.69, 9.17) is 5.11 Å². The average Bonchev–Trinajstić information content (AvgIpc) is 2.23. The highest BCUT2D eigenvalue weighted by Gasteiger charge is 2.46. The van der Waals surface area contributed by atoms with Gasteiger partial charge in [0.15, 0.2) is 0 Å². The average molecular weight is 240 g/mol. The summed E-state index contributed by atoms with van der Waals surface area (Å²) in [6.45, 7) is 3.94. The van der Waals surface area contributed by atoms with Crippen LogP contribution >= 0.6 is 0 Å². The van der Waals surface area contributed by atoms with E-state index in [1.807, 2.05) is 0 Å². The molecular weight excluding hydrogens is 216 g/mol. The van der Waals surface area contributed by atoms with Gasteiger partial charge in [-0.25, -0.2) is 0 Å². The lowest BCUT2D eigenvalue weighted by Gasteiger charge is -2.53. The number of aliphatic carboxylic acids is 1. The Labute approximate surface area is 103 Å². The van der Waals surface area contributed by atoms with Gasteiger partial charge in [0, 0.05) is 19.1 Å². The van der Waals surface area contributed by atoms with Crippen molar-refractivity contribution in [1.82, 2.24) is 10.2 Å². The van der Waals surface area contributed by atoms with Gasteiger partial charge in [0.25, 0.3) is 0 Å². The van der Waals surface area contributed by atoms with Crippen LogP contribution in [0.3, 0.4) is 0 Å². The van der Waals surface area contributed by atoms with Crippen LogP contribution in [0.1, 0.15) is 39.0 Å². The van der Waals surface area contributed by atoms with E-state index in [1.54, 1.807) is 0 Å². The molecule has 0 radical (unpaired) electrons. The maximum absolute atomic E-state index is 11.0. The molecule has 1 aliphatic carbocycles. The van der Waals surface area contributed by atoms with Crippen LogP contribution in [0.25, 0.3) is 0 Å². The smallest absolute Gasteiger partial charge is 0.305 e. The molecule has 0 aromatic rings. The van der Waals surface area contributed by atoms with Crippen molar-refractivity contribution >= 4 is 5.97 Å². The largest absolute Gasteiger partial charge is 0.481 e. The Kier molecular flexibility index (Phi) is 3.73. The Bertz CT molecular complexity index is 289. The van der Waals surface area contributed by atoms with Crippen molar-refractivity contribution in [2.75, 3.05) is 20.1 Å². The van der Waals surface area contributed by atoms with Crippen LogP contribution in [0.4, 0.5) is 0 Å². The van der Waals surface area contributed by atoms with Crippen LogP contribution in [0.2, 0.25) is 0 Å². The van der Waals surface area contributed by atoms with Gasteiger partial charge in [-0.15, -0.1) is 0 Å². The number of nitrogens with zero attached hydrogens (tertiary/aromatic N) is 1. The van der Waals surface area contributed by atoms with Crippen molar-refractivity contribution in [3.8, 4) is 0 Å². The molecule has 1 aliphatic heterocycles. The molecule has 2 rings (SSSR count). The van der Waals surface area contributed by atoms with Gasteiger partial charge in [0.1, 0.15) is 0 Å². The summed E-state index contributed by atoms with van der Waals surface area (Å²) < 4.78 is 0. The van der Waals surface area contributed by atoms with E-state index >= 15 is 0 Å². The molecule has 2 aliphatic rings. The lowest BCUT2D eigenvalue weighted by Crippen LogP contribution is -2.71. The molecular formula is C13H24N2O2. The number of carboxylic acids is 1. The first kappa shape index (κ1) is 12.8. The summed E-state index contributed by atoms with van der Waals surface area (Å²) in [4.78, 5) is 13.4. The molecule has 0 bridgehead atoms. The third-order valence-corrected chi connectivity index (χ3v) is 4.70. The van der Waals surface area contributed by atoms with Crippen molar-refractivity contribution in [1.29, 1.82) is 0 Å². The molecule has 98 valence electrons. The second-order valence-electron chi connectivity index (χ2n) is 5.84. The molecule has 0 amide bonds. The molecule has 1 heterocycles. The molecule has 0 aromatic heterocycles. The number of rotatable bonds is 4. The van der Waals surface area contributed by atoms with Gasteiger partial charge in [0.2, 0.25) is 0 Å². The first-order valence-corrected chi connectivity index (χ1v) is 6.71. The first-order valence-electron chi connectivity index (χ1n) is 6.71. The topological polar surface area (TPSA) is 52.6 Å². The van der Waals surface area contributed by atoms with E-state index < -0.39 is 5.97 Å².